The number of benzene rings is 1. The van der Waals surface area contributed by atoms with Crippen LogP contribution in [0.15, 0.2) is 24.3 Å². The number of fused-ring (bicyclic) bond motifs is 5. The number of nitrogens with one attached hydrogen (secondary N) is 2. The molecule has 118 valence electrons. The first-order chi connectivity index (χ1) is 10.7. The van der Waals surface area contributed by atoms with Crippen molar-refractivity contribution in [1.29, 1.82) is 0 Å². The van der Waals surface area contributed by atoms with Gasteiger partial charge in [-0.25, -0.2) is 4.79 Å². The SMILES string of the molecule is O=C(NC(CO)c1ccc(Cl)cc1)NC1C2C3CCC(C3)C12. The second kappa shape index (κ2) is 5.43. The lowest BCUT2D eigenvalue weighted by Gasteiger charge is -2.18. The Morgan fingerprint density at radius 2 is 1.86 bits per heavy atom. The first-order valence-electron chi connectivity index (χ1n) is 8.10. The average Bonchev–Trinajstić information content (AvgIpc) is 2.91. The number of hydrogen-bond acceptors (Lipinski definition) is 2. The van der Waals surface area contributed by atoms with E-state index in [1.807, 2.05) is 12.1 Å². The van der Waals surface area contributed by atoms with Crippen LogP contribution in [0.25, 0.3) is 0 Å². The number of rotatable bonds is 4. The number of urea groups is 1. The molecule has 5 atom stereocenters. The summed E-state index contributed by atoms with van der Waals surface area (Å²) in [6.45, 7) is -0.127. The minimum atomic E-state index is -0.396. The Kier molecular flexibility index (Phi) is 3.54. The van der Waals surface area contributed by atoms with Crippen LogP contribution in [0.1, 0.15) is 30.9 Å². The standard InChI is InChI=1S/C17H21ClN2O2/c18-12-5-3-9(4-6-12)13(8-21)19-17(22)20-16-14-10-1-2-11(7-10)15(14)16/h3-6,10-11,13-16,21H,1-2,7-8H2,(H2,19,20,22). The first-order valence-corrected chi connectivity index (χ1v) is 8.48. The molecular weight excluding hydrogens is 300 g/mol. The van der Waals surface area contributed by atoms with Gasteiger partial charge in [-0.15, -0.1) is 0 Å². The molecule has 3 aliphatic rings. The van der Waals surface area contributed by atoms with Crippen LogP contribution >= 0.6 is 11.6 Å². The van der Waals surface area contributed by atoms with Crippen molar-refractivity contribution in [1.82, 2.24) is 10.6 Å². The molecule has 4 nitrogen and oxygen atoms in total. The molecule has 0 saturated heterocycles. The van der Waals surface area contributed by atoms with Gasteiger partial charge in [0, 0.05) is 11.1 Å². The van der Waals surface area contributed by atoms with E-state index >= 15 is 0 Å². The summed E-state index contributed by atoms with van der Waals surface area (Å²) in [6, 6.07) is 6.98. The summed E-state index contributed by atoms with van der Waals surface area (Å²) in [4.78, 5) is 12.2. The molecule has 0 heterocycles. The van der Waals surface area contributed by atoms with Gasteiger partial charge in [-0.2, -0.15) is 0 Å². The number of aliphatic hydroxyl groups excluding tert-OH is 1. The lowest BCUT2D eigenvalue weighted by molar-refractivity contribution is 0.215. The van der Waals surface area contributed by atoms with E-state index in [1.165, 1.54) is 19.3 Å². The van der Waals surface area contributed by atoms with E-state index in [4.69, 9.17) is 11.6 Å². The number of hydrogen-bond donors (Lipinski definition) is 3. The summed E-state index contributed by atoms with van der Waals surface area (Å²) >= 11 is 5.87. The van der Waals surface area contributed by atoms with Gasteiger partial charge in [-0.1, -0.05) is 23.7 Å². The van der Waals surface area contributed by atoms with E-state index in [-0.39, 0.29) is 12.6 Å². The van der Waals surface area contributed by atoms with Crippen molar-refractivity contribution in [3.63, 3.8) is 0 Å². The van der Waals surface area contributed by atoms with Crippen LogP contribution in [0.4, 0.5) is 4.79 Å². The highest BCUT2D eigenvalue weighted by Crippen LogP contribution is 2.65. The summed E-state index contributed by atoms with van der Waals surface area (Å²) in [6.07, 6.45) is 4.06. The van der Waals surface area contributed by atoms with Gasteiger partial charge in [0.1, 0.15) is 0 Å². The van der Waals surface area contributed by atoms with E-state index in [0.29, 0.717) is 22.9 Å². The maximum Gasteiger partial charge on any atom is 0.315 e. The molecule has 1 aromatic carbocycles. The highest BCUT2D eigenvalue weighted by atomic mass is 35.5. The van der Waals surface area contributed by atoms with Crippen LogP contribution < -0.4 is 10.6 Å². The molecule has 3 N–H and O–H groups in total. The largest absolute Gasteiger partial charge is 0.394 e. The van der Waals surface area contributed by atoms with Gasteiger partial charge in [0.2, 0.25) is 0 Å². The molecule has 4 rings (SSSR count). The number of carbonyl (C=O) groups is 1. The summed E-state index contributed by atoms with van der Waals surface area (Å²) in [5.74, 6) is 3.11. The van der Waals surface area contributed by atoms with Crippen molar-refractivity contribution in [2.75, 3.05) is 6.61 Å². The highest BCUT2D eigenvalue weighted by molar-refractivity contribution is 6.30. The fourth-order valence-electron chi connectivity index (χ4n) is 4.80. The third-order valence-electron chi connectivity index (χ3n) is 5.79. The van der Waals surface area contributed by atoms with Gasteiger partial charge < -0.3 is 15.7 Å². The molecule has 5 heteroatoms. The quantitative estimate of drug-likeness (QED) is 0.799. The van der Waals surface area contributed by atoms with Crippen molar-refractivity contribution in [3.05, 3.63) is 34.9 Å². The molecule has 3 aliphatic carbocycles. The average molecular weight is 321 g/mol. The number of halogens is 1. The van der Waals surface area contributed by atoms with E-state index in [2.05, 4.69) is 10.6 Å². The minimum absolute atomic E-state index is 0.127. The maximum absolute atomic E-state index is 12.2. The van der Waals surface area contributed by atoms with Gasteiger partial charge in [-0.3, -0.25) is 0 Å². The van der Waals surface area contributed by atoms with E-state index in [9.17, 15) is 9.90 Å². The van der Waals surface area contributed by atoms with Gasteiger partial charge >= 0.3 is 6.03 Å². The Labute approximate surface area is 135 Å². The molecule has 0 aliphatic heterocycles. The molecule has 22 heavy (non-hydrogen) atoms. The minimum Gasteiger partial charge on any atom is -0.394 e. The van der Waals surface area contributed by atoms with Crippen molar-refractivity contribution < 1.29 is 9.90 Å². The van der Waals surface area contributed by atoms with Gasteiger partial charge in [-0.05, 0) is 60.6 Å². The maximum atomic E-state index is 12.2. The van der Waals surface area contributed by atoms with Crippen LogP contribution in [0.3, 0.4) is 0 Å². The molecule has 2 bridgehead atoms. The number of aliphatic hydroxyl groups is 1. The predicted molar refractivity (Wildman–Crippen MR) is 84.5 cm³/mol. The molecular formula is C17H21ClN2O2. The zero-order chi connectivity index (χ0) is 15.3. The molecule has 2 amide bonds. The van der Waals surface area contributed by atoms with Crippen molar-refractivity contribution in [2.24, 2.45) is 23.7 Å². The number of amides is 2. The fraction of sp³-hybridized carbons (Fsp3) is 0.588. The Balaban J connectivity index is 1.34. The molecule has 0 aromatic heterocycles. The second-order valence-corrected chi connectivity index (χ2v) is 7.35. The normalized spacial score (nSPS) is 35.8. The molecule has 0 radical (unpaired) electrons. The monoisotopic (exact) mass is 320 g/mol. The van der Waals surface area contributed by atoms with Crippen LogP contribution in [-0.4, -0.2) is 23.8 Å². The zero-order valence-corrected chi connectivity index (χ0v) is 13.1. The topological polar surface area (TPSA) is 61.4 Å². The Morgan fingerprint density at radius 3 is 2.45 bits per heavy atom. The first kappa shape index (κ1) is 14.3. The highest BCUT2D eigenvalue weighted by Gasteiger charge is 2.65. The van der Waals surface area contributed by atoms with Crippen LogP contribution in [-0.2, 0) is 0 Å². The van der Waals surface area contributed by atoms with Crippen molar-refractivity contribution in [2.45, 2.75) is 31.3 Å². The van der Waals surface area contributed by atoms with Gasteiger partial charge in [0.05, 0.1) is 12.6 Å². The molecule has 3 saturated carbocycles. The third kappa shape index (κ3) is 2.38. The summed E-state index contributed by atoms with van der Waals surface area (Å²) < 4.78 is 0. The van der Waals surface area contributed by atoms with Crippen molar-refractivity contribution >= 4 is 17.6 Å². The van der Waals surface area contributed by atoms with Crippen LogP contribution in [0, 0.1) is 23.7 Å². The summed E-state index contributed by atoms with van der Waals surface area (Å²) in [7, 11) is 0. The zero-order valence-electron chi connectivity index (χ0n) is 12.3. The van der Waals surface area contributed by atoms with Gasteiger partial charge in [0.15, 0.2) is 0 Å². The molecule has 3 fully saturated rings. The predicted octanol–water partition coefficient (Wildman–Crippen LogP) is 2.72. The van der Waals surface area contributed by atoms with Gasteiger partial charge in [0.25, 0.3) is 0 Å². The second-order valence-electron chi connectivity index (χ2n) is 6.92. The third-order valence-corrected chi connectivity index (χ3v) is 6.05. The smallest absolute Gasteiger partial charge is 0.315 e. The van der Waals surface area contributed by atoms with E-state index < -0.39 is 6.04 Å². The lowest BCUT2D eigenvalue weighted by Crippen LogP contribution is -2.41. The fourth-order valence-corrected chi connectivity index (χ4v) is 4.93. The van der Waals surface area contributed by atoms with Crippen LogP contribution in [0.5, 0.6) is 0 Å². The molecule has 0 spiro atoms. The molecule has 5 unspecified atom stereocenters. The van der Waals surface area contributed by atoms with Crippen molar-refractivity contribution in [3.8, 4) is 0 Å². The Bertz CT molecular complexity index is 561. The van der Waals surface area contributed by atoms with E-state index in [1.54, 1.807) is 12.1 Å². The Morgan fingerprint density at radius 1 is 1.23 bits per heavy atom. The summed E-state index contributed by atoms with van der Waals surface area (Å²) in [5.41, 5.74) is 0.859. The molecule has 1 aromatic rings. The Hall–Kier alpha value is -1.26. The summed E-state index contributed by atoms with van der Waals surface area (Å²) in [5, 5.41) is 16.2. The van der Waals surface area contributed by atoms with Crippen LogP contribution in [0.2, 0.25) is 5.02 Å². The number of carbonyl (C=O) groups excluding carboxylic acids is 1. The van der Waals surface area contributed by atoms with E-state index in [0.717, 1.165) is 17.4 Å². The lowest BCUT2D eigenvalue weighted by atomic mass is 10.0.